The largest absolute Gasteiger partial charge is 0.416 e. The molecule has 1 saturated heterocycles. The molecule has 2 unspecified atom stereocenters. The molecule has 122 valence electrons. The molecule has 3 N–H and O–H groups in total. The average Bonchev–Trinajstić information content (AvgIpc) is 2.46. The molecule has 2 amide bonds. The van der Waals surface area contributed by atoms with Gasteiger partial charge in [0.05, 0.1) is 5.56 Å². The highest BCUT2D eigenvalue weighted by Gasteiger charge is 2.31. The molecule has 1 aromatic carbocycles. The van der Waals surface area contributed by atoms with Crippen LogP contribution in [0.4, 0.5) is 23.7 Å². The van der Waals surface area contributed by atoms with Crippen LogP contribution in [0.5, 0.6) is 0 Å². The molecular formula is C15H20F3N3O. The zero-order valence-corrected chi connectivity index (χ0v) is 12.4. The van der Waals surface area contributed by atoms with Crippen molar-refractivity contribution in [3.8, 4) is 0 Å². The Hall–Kier alpha value is -1.76. The maximum Gasteiger partial charge on any atom is 0.416 e. The fourth-order valence-electron chi connectivity index (χ4n) is 2.71. The van der Waals surface area contributed by atoms with Crippen molar-refractivity contribution in [1.29, 1.82) is 0 Å². The number of nitrogens with two attached hydrogens (primary N) is 1. The summed E-state index contributed by atoms with van der Waals surface area (Å²) in [7, 11) is 0. The molecule has 7 heteroatoms. The number of likely N-dealkylation sites (tertiary alicyclic amines) is 1. The number of nitrogens with one attached hydrogen (secondary N) is 1. The Morgan fingerprint density at radius 1 is 1.45 bits per heavy atom. The number of hydrogen-bond donors (Lipinski definition) is 2. The van der Waals surface area contributed by atoms with Crippen LogP contribution in [0.15, 0.2) is 24.3 Å². The van der Waals surface area contributed by atoms with E-state index in [1.165, 1.54) is 12.1 Å². The van der Waals surface area contributed by atoms with Crippen molar-refractivity contribution >= 4 is 11.7 Å². The maximum absolute atomic E-state index is 12.7. The lowest BCUT2D eigenvalue weighted by molar-refractivity contribution is -0.137. The molecule has 1 aliphatic rings. The van der Waals surface area contributed by atoms with Crippen LogP contribution < -0.4 is 11.1 Å². The topological polar surface area (TPSA) is 58.4 Å². The van der Waals surface area contributed by atoms with Gasteiger partial charge in [-0.05, 0) is 37.0 Å². The molecule has 0 radical (unpaired) electrons. The molecule has 0 aliphatic carbocycles. The van der Waals surface area contributed by atoms with E-state index in [0.29, 0.717) is 19.0 Å². The van der Waals surface area contributed by atoms with Crippen molar-refractivity contribution in [3.63, 3.8) is 0 Å². The standard InChI is InChI=1S/C15H20F3N3O/c1-10-5-6-21(13(7-10)9-19)14(22)20-12-4-2-3-11(8-12)15(16,17)18/h2-4,8,10,13H,5-7,9,19H2,1H3,(H,20,22). The molecule has 1 fully saturated rings. The van der Waals surface area contributed by atoms with E-state index in [1.807, 2.05) is 0 Å². The van der Waals surface area contributed by atoms with Gasteiger partial charge in [-0.15, -0.1) is 0 Å². The lowest BCUT2D eigenvalue weighted by Gasteiger charge is -2.37. The number of amides is 2. The molecule has 22 heavy (non-hydrogen) atoms. The molecule has 0 bridgehead atoms. The first-order chi connectivity index (χ1) is 10.3. The van der Waals surface area contributed by atoms with E-state index in [2.05, 4.69) is 12.2 Å². The van der Waals surface area contributed by atoms with Crippen LogP contribution in [0.3, 0.4) is 0 Å². The van der Waals surface area contributed by atoms with Gasteiger partial charge in [0.25, 0.3) is 0 Å². The second-order valence-electron chi connectivity index (χ2n) is 5.72. The van der Waals surface area contributed by atoms with E-state index in [9.17, 15) is 18.0 Å². The first-order valence-electron chi connectivity index (χ1n) is 7.26. The number of anilines is 1. The van der Waals surface area contributed by atoms with Crippen LogP contribution in [-0.4, -0.2) is 30.1 Å². The Balaban J connectivity index is 2.08. The molecule has 0 spiro atoms. The fraction of sp³-hybridized carbons (Fsp3) is 0.533. The summed E-state index contributed by atoms with van der Waals surface area (Å²) >= 11 is 0. The van der Waals surface area contributed by atoms with Crippen molar-refractivity contribution in [1.82, 2.24) is 4.90 Å². The highest BCUT2D eigenvalue weighted by molar-refractivity contribution is 5.89. The van der Waals surface area contributed by atoms with Crippen LogP contribution in [0, 0.1) is 5.92 Å². The van der Waals surface area contributed by atoms with Gasteiger partial charge < -0.3 is 16.0 Å². The van der Waals surface area contributed by atoms with E-state index < -0.39 is 17.8 Å². The maximum atomic E-state index is 12.7. The third-order valence-electron chi connectivity index (χ3n) is 3.95. The summed E-state index contributed by atoms with van der Waals surface area (Å²) < 4.78 is 38.0. The van der Waals surface area contributed by atoms with Crippen LogP contribution in [0.2, 0.25) is 0 Å². The number of benzene rings is 1. The molecule has 2 rings (SSSR count). The minimum absolute atomic E-state index is 0.0745. The number of nitrogens with zero attached hydrogens (tertiary/aromatic N) is 1. The highest BCUT2D eigenvalue weighted by atomic mass is 19.4. The Bertz CT molecular complexity index is 533. The van der Waals surface area contributed by atoms with Gasteiger partial charge in [0, 0.05) is 24.8 Å². The minimum Gasteiger partial charge on any atom is -0.328 e. The summed E-state index contributed by atoms with van der Waals surface area (Å²) in [5.41, 5.74) is 5.05. The van der Waals surface area contributed by atoms with Gasteiger partial charge in [0.2, 0.25) is 0 Å². The molecule has 1 heterocycles. The highest BCUT2D eigenvalue weighted by Crippen LogP contribution is 2.31. The number of halogens is 3. The number of alkyl halides is 3. The summed E-state index contributed by atoms with van der Waals surface area (Å²) in [4.78, 5) is 13.9. The van der Waals surface area contributed by atoms with E-state index in [4.69, 9.17) is 5.73 Å². The molecular weight excluding hydrogens is 295 g/mol. The van der Waals surface area contributed by atoms with Gasteiger partial charge in [-0.25, -0.2) is 4.79 Å². The first kappa shape index (κ1) is 16.6. The Labute approximate surface area is 127 Å². The van der Waals surface area contributed by atoms with E-state index in [0.717, 1.165) is 25.0 Å². The number of piperidine rings is 1. The second-order valence-corrected chi connectivity index (χ2v) is 5.72. The molecule has 1 aliphatic heterocycles. The monoisotopic (exact) mass is 315 g/mol. The summed E-state index contributed by atoms with van der Waals surface area (Å²) in [5.74, 6) is 0.492. The van der Waals surface area contributed by atoms with Gasteiger partial charge in [-0.3, -0.25) is 0 Å². The normalized spacial score (nSPS) is 22.5. The quantitative estimate of drug-likeness (QED) is 0.880. The van der Waals surface area contributed by atoms with Gasteiger partial charge >= 0.3 is 12.2 Å². The smallest absolute Gasteiger partial charge is 0.328 e. The van der Waals surface area contributed by atoms with Gasteiger partial charge in [0.1, 0.15) is 0 Å². The summed E-state index contributed by atoms with van der Waals surface area (Å²) in [6.45, 7) is 3.01. The number of carbonyl (C=O) groups is 1. The van der Waals surface area contributed by atoms with Crippen molar-refractivity contribution in [2.75, 3.05) is 18.4 Å². The molecule has 4 nitrogen and oxygen atoms in total. The number of urea groups is 1. The lowest BCUT2D eigenvalue weighted by atomic mass is 9.93. The van der Waals surface area contributed by atoms with Crippen LogP contribution in [-0.2, 0) is 6.18 Å². The van der Waals surface area contributed by atoms with Gasteiger partial charge in [-0.1, -0.05) is 13.0 Å². The van der Waals surface area contributed by atoms with Crippen molar-refractivity contribution in [2.24, 2.45) is 11.7 Å². The van der Waals surface area contributed by atoms with E-state index in [-0.39, 0.29) is 11.7 Å². The number of carbonyl (C=O) groups excluding carboxylic acids is 1. The van der Waals surface area contributed by atoms with Crippen molar-refractivity contribution in [3.05, 3.63) is 29.8 Å². The summed E-state index contributed by atoms with van der Waals surface area (Å²) in [5, 5.41) is 2.53. The number of hydrogen-bond acceptors (Lipinski definition) is 2. The Kier molecular flexibility index (Phi) is 4.95. The predicted molar refractivity (Wildman–Crippen MR) is 78.4 cm³/mol. The Morgan fingerprint density at radius 3 is 2.82 bits per heavy atom. The predicted octanol–water partition coefficient (Wildman–Crippen LogP) is 3.30. The third kappa shape index (κ3) is 3.91. The summed E-state index contributed by atoms with van der Waals surface area (Å²) in [6, 6.07) is 4.15. The zero-order chi connectivity index (χ0) is 16.3. The average molecular weight is 315 g/mol. The van der Waals surface area contributed by atoms with Crippen molar-refractivity contribution in [2.45, 2.75) is 32.0 Å². The Morgan fingerprint density at radius 2 is 2.18 bits per heavy atom. The van der Waals surface area contributed by atoms with Gasteiger partial charge in [-0.2, -0.15) is 13.2 Å². The fourth-order valence-corrected chi connectivity index (χ4v) is 2.71. The van der Waals surface area contributed by atoms with E-state index >= 15 is 0 Å². The third-order valence-corrected chi connectivity index (χ3v) is 3.95. The minimum atomic E-state index is -4.43. The molecule has 2 atom stereocenters. The number of rotatable bonds is 2. The zero-order valence-electron chi connectivity index (χ0n) is 12.4. The lowest BCUT2D eigenvalue weighted by Crippen LogP contribution is -2.50. The van der Waals surface area contributed by atoms with Crippen molar-refractivity contribution < 1.29 is 18.0 Å². The molecule has 1 aromatic rings. The van der Waals surface area contributed by atoms with Crippen LogP contribution >= 0.6 is 0 Å². The van der Waals surface area contributed by atoms with Crippen LogP contribution in [0.25, 0.3) is 0 Å². The van der Waals surface area contributed by atoms with Crippen LogP contribution in [0.1, 0.15) is 25.3 Å². The van der Waals surface area contributed by atoms with E-state index in [1.54, 1.807) is 4.90 Å². The molecule has 0 saturated carbocycles. The van der Waals surface area contributed by atoms with Gasteiger partial charge in [0.15, 0.2) is 0 Å². The molecule has 0 aromatic heterocycles. The first-order valence-corrected chi connectivity index (χ1v) is 7.26. The SMILES string of the molecule is CC1CCN(C(=O)Nc2cccc(C(F)(F)F)c2)C(CN)C1. The summed E-state index contributed by atoms with van der Waals surface area (Å²) in [6.07, 6.45) is -2.75. The second kappa shape index (κ2) is 6.56.